The molecule has 25 heavy (non-hydrogen) atoms. The topological polar surface area (TPSA) is 64.4 Å². The zero-order valence-corrected chi connectivity index (χ0v) is 13.4. The van der Waals surface area contributed by atoms with Gasteiger partial charge in [-0.15, -0.1) is 0 Å². The van der Waals surface area contributed by atoms with Crippen molar-refractivity contribution in [2.45, 2.75) is 12.6 Å². The minimum absolute atomic E-state index is 0.0159. The number of nitrogens with zero attached hydrogens (tertiary/aromatic N) is 2. The van der Waals surface area contributed by atoms with E-state index >= 15 is 0 Å². The van der Waals surface area contributed by atoms with E-state index in [4.69, 9.17) is 4.74 Å². The maximum atomic E-state index is 13.9. The van der Waals surface area contributed by atoms with Gasteiger partial charge < -0.3 is 9.84 Å². The van der Waals surface area contributed by atoms with E-state index in [1.165, 1.54) is 18.2 Å². The van der Waals surface area contributed by atoms with Crippen LogP contribution in [0.3, 0.4) is 0 Å². The predicted octanol–water partition coefficient (Wildman–Crippen LogP) is 2.49. The Bertz CT molecular complexity index is 896. The van der Waals surface area contributed by atoms with Crippen LogP contribution >= 0.6 is 0 Å². The number of para-hydroxylation sites is 1. The van der Waals surface area contributed by atoms with Crippen molar-refractivity contribution < 1.29 is 14.2 Å². The molecule has 0 radical (unpaired) electrons. The summed E-state index contributed by atoms with van der Waals surface area (Å²) in [6, 6.07) is 18.0. The molecule has 1 N–H and O–H groups in total. The Morgan fingerprint density at radius 2 is 1.76 bits per heavy atom. The summed E-state index contributed by atoms with van der Waals surface area (Å²) in [5, 5.41) is 14.3. The first-order valence-corrected chi connectivity index (χ1v) is 7.82. The minimum atomic E-state index is -0.929. The van der Waals surface area contributed by atoms with Crippen LogP contribution in [-0.4, -0.2) is 27.6 Å². The van der Waals surface area contributed by atoms with Crippen LogP contribution in [0.15, 0.2) is 71.5 Å². The van der Waals surface area contributed by atoms with Gasteiger partial charge in [0.1, 0.15) is 24.3 Å². The SMILES string of the molecule is O=c1ccc(-c2ccccc2F)nn1CC(O)COc1ccccc1. The molecule has 1 heterocycles. The Morgan fingerprint density at radius 1 is 1.04 bits per heavy atom. The number of hydrogen-bond donors (Lipinski definition) is 1. The maximum absolute atomic E-state index is 13.9. The third-order valence-corrected chi connectivity index (χ3v) is 3.59. The number of halogens is 1. The molecule has 0 aliphatic heterocycles. The summed E-state index contributed by atoms with van der Waals surface area (Å²) in [6.07, 6.45) is -0.929. The molecular formula is C19H17FN2O3. The molecule has 0 bridgehead atoms. The van der Waals surface area contributed by atoms with E-state index in [1.807, 2.05) is 18.2 Å². The molecule has 3 rings (SSSR count). The van der Waals surface area contributed by atoms with Crippen LogP contribution in [0.25, 0.3) is 11.3 Å². The number of ether oxygens (including phenoxy) is 1. The monoisotopic (exact) mass is 340 g/mol. The van der Waals surface area contributed by atoms with Crippen LogP contribution in [0, 0.1) is 5.82 Å². The second-order valence-electron chi connectivity index (χ2n) is 5.50. The molecule has 0 aliphatic carbocycles. The molecule has 0 aliphatic rings. The molecule has 0 fully saturated rings. The van der Waals surface area contributed by atoms with Gasteiger partial charge in [-0.25, -0.2) is 9.07 Å². The summed E-state index contributed by atoms with van der Waals surface area (Å²) in [5.41, 5.74) is 0.249. The smallest absolute Gasteiger partial charge is 0.266 e. The third-order valence-electron chi connectivity index (χ3n) is 3.59. The van der Waals surface area contributed by atoms with E-state index in [0.29, 0.717) is 17.0 Å². The molecule has 0 saturated carbocycles. The molecule has 6 heteroatoms. The molecule has 0 spiro atoms. The van der Waals surface area contributed by atoms with Crippen LogP contribution in [0.5, 0.6) is 5.75 Å². The Balaban J connectivity index is 1.73. The normalized spacial score (nSPS) is 11.9. The van der Waals surface area contributed by atoms with Gasteiger partial charge in [0.2, 0.25) is 0 Å². The minimum Gasteiger partial charge on any atom is -0.491 e. The Morgan fingerprint density at radius 3 is 2.52 bits per heavy atom. The lowest BCUT2D eigenvalue weighted by Gasteiger charge is -2.14. The van der Waals surface area contributed by atoms with Crippen molar-refractivity contribution in [3.05, 3.63) is 82.9 Å². The van der Waals surface area contributed by atoms with Gasteiger partial charge in [0.25, 0.3) is 5.56 Å². The largest absolute Gasteiger partial charge is 0.491 e. The average Bonchev–Trinajstić information content (AvgIpc) is 2.63. The van der Waals surface area contributed by atoms with Gasteiger partial charge in [-0.2, -0.15) is 5.10 Å². The summed E-state index contributed by atoms with van der Waals surface area (Å²) in [5.74, 6) is 0.204. The summed E-state index contributed by atoms with van der Waals surface area (Å²) < 4.78 is 20.5. The average molecular weight is 340 g/mol. The molecule has 0 saturated heterocycles. The first-order chi connectivity index (χ1) is 12.1. The number of aromatic nitrogens is 2. The molecule has 128 valence electrons. The van der Waals surface area contributed by atoms with E-state index in [9.17, 15) is 14.3 Å². The number of aliphatic hydroxyl groups excluding tert-OH is 1. The Hall–Kier alpha value is -2.99. The van der Waals surface area contributed by atoms with Crippen molar-refractivity contribution in [2.75, 3.05) is 6.61 Å². The summed E-state index contributed by atoms with van der Waals surface area (Å²) >= 11 is 0. The highest BCUT2D eigenvalue weighted by Gasteiger charge is 2.12. The molecule has 1 atom stereocenters. The first-order valence-electron chi connectivity index (χ1n) is 7.82. The molecule has 0 amide bonds. The number of hydrogen-bond acceptors (Lipinski definition) is 4. The predicted molar refractivity (Wildman–Crippen MR) is 91.8 cm³/mol. The van der Waals surface area contributed by atoms with Gasteiger partial charge in [0.15, 0.2) is 0 Å². The van der Waals surface area contributed by atoms with E-state index < -0.39 is 11.9 Å². The second kappa shape index (κ2) is 7.72. The van der Waals surface area contributed by atoms with Crippen molar-refractivity contribution in [3.8, 4) is 17.0 Å². The maximum Gasteiger partial charge on any atom is 0.266 e. The molecule has 1 unspecified atom stereocenters. The standard InChI is InChI=1S/C19H17FN2O3/c20-17-9-5-4-8-16(17)18-10-11-19(24)22(21-18)12-14(23)13-25-15-6-2-1-3-7-15/h1-11,14,23H,12-13H2. The molecular weight excluding hydrogens is 323 g/mol. The van der Waals surface area contributed by atoms with Crippen molar-refractivity contribution in [3.63, 3.8) is 0 Å². The van der Waals surface area contributed by atoms with Crippen molar-refractivity contribution in [1.82, 2.24) is 9.78 Å². The molecule has 3 aromatic rings. The fourth-order valence-corrected chi connectivity index (χ4v) is 2.35. The highest BCUT2D eigenvalue weighted by atomic mass is 19.1. The zero-order valence-electron chi connectivity index (χ0n) is 13.4. The highest BCUT2D eigenvalue weighted by Crippen LogP contribution is 2.18. The van der Waals surface area contributed by atoms with E-state index in [2.05, 4.69) is 5.10 Å². The fraction of sp³-hybridized carbons (Fsp3) is 0.158. The van der Waals surface area contributed by atoms with Crippen LogP contribution in [-0.2, 0) is 6.54 Å². The second-order valence-corrected chi connectivity index (χ2v) is 5.50. The lowest BCUT2D eigenvalue weighted by atomic mass is 10.1. The quantitative estimate of drug-likeness (QED) is 0.749. The van der Waals surface area contributed by atoms with Gasteiger partial charge in [-0.3, -0.25) is 4.79 Å². The number of aliphatic hydroxyl groups is 1. The zero-order chi connectivity index (χ0) is 17.6. The van der Waals surface area contributed by atoms with Gasteiger partial charge in [0.05, 0.1) is 12.2 Å². The molecule has 5 nitrogen and oxygen atoms in total. The number of benzene rings is 2. The number of rotatable bonds is 6. The van der Waals surface area contributed by atoms with Gasteiger partial charge >= 0.3 is 0 Å². The lowest BCUT2D eigenvalue weighted by Crippen LogP contribution is -2.31. The summed E-state index contributed by atoms with van der Waals surface area (Å²) in [7, 11) is 0. The van der Waals surface area contributed by atoms with Gasteiger partial charge in [-0.05, 0) is 30.3 Å². The van der Waals surface area contributed by atoms with Crippen LogP contribution < -0.4 is 10.3 Å². The van der Waals surface area contributed by atoms with Crippen molar-refractivity contribution in [2.24, 2.45) is 0 Å². The summed E-state index contributed by atoms with van der Waals surface area (Å²) in [6.45, 7) is -0.0317. The van der Waals surface area contributed by atoms with E-state index in [0.717, 1.165) is 4.68 Å². The van der Waals surface area contributed by atoms with Gasteiger partial charge in [-0.1, -0.05) is 30.3 Å². The van der Waals surface area contributed by atoms with Crippen LogP contribution in [0.4, 0.5) is 4.39 Å². The molecule has 2 aromatic carbocycles. The van der Waals surface area contributed by atoms with Gasteiger partial charge in [0, 0.05) is 11.6 Å². The fourth-order valence-electron chi connectivity index (χ4n) is 2.35. The van der Waals surface area contributed by atoms with E-state index in [1.54, 1.807) is 30.3 Å². The van der Waals surface area contributed by atoms with Crippen molar-refractivity contribution >= 4 is 0 Å². The Kier molecular flexibility index (Phi) is 5.20. The van der Waals surface area contributed by atoms with E-state index in [-0.39, 0.29) is 18.7 Å². The lowest BCUT2D eigenvalue weighted by molar-refractivity contribution is 0.0880. The third kappa shape index (κ3) is 4.30. The molecule has 1 aromatic heterocycles. The van der Waals surface area contributed by atoms with Crippen molar-refractivity contribution in [1.29, 1.82) is 0 Å². The summed E-state index contributed by atoms with van der Waals surface area (Å²) in [4.78, 5) is 12.0. The first kappa shape index (κ1) is 16.9. The highest BCUT2D eigenvalue weighted by molar-refractivity contribution is 5.58. The Labute approximate surface area is 143 Å². The van der Waals surface area contributed by atoms with Crippen LogP contribution in [0.1, 0.15) is 0 Å². The van der Waals surface area contributed by atoms with Crippen LogP contribution in [0.2, 0.25) is 0 Å².